The van der Waals surface area contributed by atoms with E-state index in [9.17, 15) is 14.4 Å². The van der Waals surface area contributed by atoms with Gasteiger partial charge in [-0.2, -0.15) is 0 Å². The van der Waals surface area contributed by atoms with Crippen molar-refractivity contribution in [1.82, 2.24) is 0 Å². The molecule has 0 aromatic rings. The van der Waals surface area contributed by atoms with Gasteiger partial charge in [0.15, 0.2) is 17.2 Å². The molecule has 27 heavy (non-hydrogen) atoms. The summed E-state index contributed by atoms with van der Waals surface area (Å²) in [7, 11) is 0. The molecule has 0 heterocycles. The van der Waals surface area contributed by atoms with Gasteiger partial charge in [0.1, 0.15) is 0 Å². The number of Topliss-reactive ketones (excluding diaryl/α,β-unsaturated/α-hetero) is 1. The van der Waals surface area contributed by atoms with Crippen LogP contribution >= 0.6 is 0 Å². The summed E-state index contributed by atoms with van der Waals surface area (Å²) in [6.07, 6.45) is 9.23. The molecule has 0 bridgehead atoms. The summed E-state index contributed by atoms with van der Waals surface area (Å²) in [6, 6.07) is 0. The van der Waals surface area contributed by atoms with Gasteiger partial charge in [0.25, 0.3) is 0 Å². The van der Waals surface area contributed by atoms with Gasteiger partial charge in [-0.15, -0.1) is 0 Å². The van der Waals surface area contributed by atoms with Gasteiger partial charge in [-0.1, -0.05) is 19.4 Å². The first-order valence-electron chi connectivity index (χ1n) is 10.6. The molecule has 148 valence electrons. The molecular weight excluding hydrogens is 340 g/mol. The van der Waals surface area contributed by atoms with Crippen molar-refractivity contribution in [1.29, 1.82) is 0 Å². The van der Waals surface area contributed by atoms with Crippen LogP contribution < -0.4 is 0 Å². The van der Waals surface area contributed by atoms with Crippen LogP contribution in [0.15, 0.2) is 11.6 Å². The second kappa shape index (κ2) is 6.02. The van der Waals surface area contributed by atoms with Crippen molar-refractivity contribution in [2.45, 2.75) is 84.7 Å². The van der Waals surface area contributed by atoms with E-state index in [1.807, 2.05) is 6.08 Å². The minimum Gasteiger partial charge on any atom is -0.451 e. The lowest BCUT2D eigenvalue weighted by molar-refractivity contribution is -0.187. The zero-order valence-electron chi connectivity index (χ0n) is 17.1. The van der Waals surface area contributed by atoms with Crippen molar-refractivity contribution >= 4 is 17.5 Å². The molecule has 4 rings (SSSR count). The van der Waals surface area contributed by atoms with Crippen LogP contribution in [0.5, 0.6) is 0 Å². The third-order valence-electron chi connectivity index (χ3n) is 8.97. The van der Waals surface area contributed by atoms with Crippen LogP contribution in [-0.4, -0.2) is 23.1 Å². The Bertz CT molecular complexity index is 737. The Balaban J connectivity index is 1.70. The average molecular weight is 373 g/mol. The van der Waals surface area contributed by atoms with E-state index in [4.69, 9.17) is 4.74 Å². The number of ketones is 2. The summed E-state index contributed by atoms with van der Waals surface area (Å²) in [6.45, 7) is 7.58. The van der Waals surface area contributed by atoms with E-state index in [0.717, 1.165) is 38.5 Å². The highest BCUT2D eigenvalue weighted by atomic mass is 16.6. The highest BCUT2D eigenvalue weighted by Gasteiger charge is 2.67. The molecule has 0 amide bonds. The molecule has 3 fully saturated rings. The topological polar surface area (TPSA) is 60.4 Å². The van der Waals surface area contributed by atoms with Crippen molar-refractivity contribution in [2.75, 3.05) is 0 Å². The Morgan fingerprint density at radius 2 is 1.70 bits per heavy atom. The van der Waals surface area contributed by atoms with E-state index in [-0.39, 0.29) is 28.4 Å². The van der Waals surface area contributed by atoms with Gasteiger partial charge in [-0.3, -0.25) is 14.4 Å². The zero-order chi connectivity index (χ0) is 19.6. The van der Waals surface area contributed by atoms with E-state index in [1.54, 1.807) is 6.92 Å². The lowest BCUT2D eigenvalue weighted by Gasteiger charge is -2.59. The van der Waals surface area contributed by atoms with E-state index < -0.39 is 5.60 Å². The third kappa shape index (κ3) is 2.44. The van der Waals surface area contributed by atoms with E-state index in [2.05, 4.69) is 13.8 Å². The summed E-state index contributed by atoms with van der Waals surface area (Å²) in [5.74, 6) is 1.48. The maximum Gasteiger partial charge on any atom is 0.303 e. The summed E-state index contributed by atoms with van der Waals surface area (Å²) in [5.41, 5.74) is 0.266. The molecule has 4 heteroatoms. The zero-order valence-corrected chi connectivity index (χ0v) is 17.1. The molecule has 3 saturated carbocycles. The number of esters is 1. The SMILES string of the molecule is CC(=O)O[C@@]1(C(C)=O)CC[C@@H]2[C@H]3CCC4=CC(=O)CC[C@]4(C)[C@@H]3CC[C@@]21C. The standard InChI is InChI=1S/C23H32O4/c1-14(24)23(27-15(2)25)12-9-20-18-6-5-16-13-17(26)7-10-21(16,3)19(18)8-11-22(20,23)4/h13,18-20H,5-12H2,1-4H3/t18-,19+,20+,21-,22-,23+/m0/s1. The fourth-order valence-electron chi connectivity index (χ4n) is 7.62. The third-order valence-corrected chi connectivity index (χ3v) is 8.97. The number of ether oxygens (including phenoxy) is 1. The molecule has 0 unspecified atom stereocenters. The molecular formula is C23H32O4. The Morgan fingerprint density at radius 3 is 2.37 bits per heavy atom. The maximum atomic E-state index is 12.7. The van der Waals surface area contributed by atoms with Crippen LogP contribution in [0.2, 0.25) is 0 Å². The van der Waals surface area contributed by atoms with Crippen molar-refractivity contribution in [3.63, 3.8) is 0 Å². The predicted molar refractivity (Wildman–Crippen MR) is 102 cm³/mol. The number of carbonyl (C=O) groups excluding carboxylic acids is 3. The number of carbonyl (C=O) groups is 3. The first-order valence-corrected chi connectivity index (χ1v) is 10.6. The molecule has 0 saturated heterocycles. The van der Waals surface area contributed by atoms with Crippen molar-refractivity contribution in [2.24, 2.45) is 28.6 Å². The second-order valence-corrected chi connectivity index (χ2v) is 9.94. The molecule has 0 spiro atoms. The molecule has 4 nitrogen and oxygen atoms in total. The summed E-state index contributed by atoms with van der Waals surface area (Å²) in [5, 5.41) is 0. The highest BCUT2D eigenvalue weighted by Crippen LogP contribution is 2.68. The minimum absolute atomic E-state index is 0.00650. The number of rotatable bonds is 2. The Kier molecular flexibility index (Phi) is 4.21. The number of allylic oxidation sites excluding steroid dienone is 1. The average Bonchev–Trinajstić information content (AvgIpc) is 2.89. The highest BCUT2D eigenvalue weighted by molar-refractivity contribution is 5.91. The van der Waals surface area contributed by atoms with Gasteiger partial charge in [0.2, 0.25) is 0 Å². The number of fused-ring (bicyclic) bond motifs is 5. The quantitative estimate of drug-likeness (QED) is 0.674. The Morgan fingerprint density at radius 1 is 1.00 bits per heavy atom. The molecule has 0 aliphatic heterocycles. The molecule has 6 atom stereocenters. The molecule has 0 radical (unpaired) electrons. The Hall–Kier alpha value is -1.45. The van der Waals surface area contributed by atoms with Gasteiger partial charge in [0, 0.05) is 18.8 Å². The van der Waals surface area contributed by atoms with Gasteiger partial charge in [-0.25, -0.2) is 0 Å². The van der Waals surface area contributed by atoms with Crippen molar-refractivity contribution < 1.29 is 19.1 Å². The lowest BCUT2D eigenvalue weighted by Crippen LogP contribution is -2.58. The molecule has 4 aliphatic carbocycles. The number of hydrogen-bond donors (Lipinski definition) is 0. The molecule has 0 aromatic heterocycles. The van der Waals surface area contributed by atoms with Crippen LogP contribution in [0.3, 0.4) is 0 Å². The van der Waals surface area contributed by atoms with Gasteiger partial charge in [0.05, 0.1) is 0 Å². The van der Waals surface area contributed by atoms with Gasteiger partial charge < -0.3 is 4.74 Å². The van der Waals surface area contributed by atoms with Crippen LogP contribution in [0.25, 0.3) is 0 Å². The fourth-order valence-corrected chi connectivity index (χ4v) is 7.62. The summed E-state index contributed by atoms with van der Waals surface area (Å²) in [4.78, 5) is 36.5. The molecule has 0 aromatic carbocycles. The van der Waals surface area contributed by atoms with Gasteiger partial charge >= 0.3 is 5.97 Å². The normalized spacial score (nSPS) is 46.0. The minimum atomic E-state index is -0.950. The van der Waals surface area contributed by atoms with Crippen molar-refractivity contribution in [3.8, 4) is 0 Å². The lowest BCUT2D eigenvalue weighted by atomic mass is 9.46. The first kappa shape index (κ1) is 18.9. The van der Waals surface area contributed by atoms with Crippen molar-refractivity contribution in [3.05, 3.63) is 11.6 Å². The van der Waals surface area contributed by atoms with Gasteiger partial charge in [-0.05, 0) is 81.1 Å². The molecule has 0 N–H and O–H groups in total. The number of hydrogen-bond acceptors (Lipinski definition) is 4. The Labute approximate surface area is 162 Å². The second-order valence-electron chi connectivity index (χ2n) is 9.94. The van der Waals surface area contributed by atoms with Crippen LogP contribution in [0.4, 0.5) is 0 Å². The predicted octanol–water partition coefficient (Wildman–Crippen LogP) is 4.41. The summed E-state index contributed by atoms with van der Waals surface area (Å²) >= 11 is 0. The van der Waals surface area contributed by atoms with Crippen LogP contribution in [0.1, 0.15) is 79.1 Å². The monoisotopic (exact) mass is 372 g/mol. The smallest absolute Gasteiger partial charge is 0.303 e. The van der Waals surface area contributed by atoms with Crippen LogP contribution in [-0.2, 0) is 19.1 Å². The fraction of sp³-hybridized carbons (Fsp3) is 0.783. The molecule has 4 aliphatic rings. The van der Waals surface area contributed by atoms with E-state index in [0.29, 0.717) is 30.6 Å². The van der Waals surface area contributed by atoms with Crippen LogP contribution in [0, 0.1) is 28.6 Å². The van der Waals surface area contributed by atoms with E-state index >= 15 is 0 Å². The van der Waals surface area contributed by atoms with E-state index in [1.165, 1.54) is 12.5 Å². The maximum absolute atomic E-state index is 12.7. The first-order chi connectivity index (χ1) is 12.6. The largest absolute Gasteiger partial charge is 0.451 e. The summed E-state index contributed by atoms with van der Waals surface area (Å²) < 4.78 is 5.81.